The van der Waals surface area contributed by atoms with Crippen LogP contribution in [0.3, 0.4) is 0 Å². The minimum Gasteiger partial charge on any atom is -0.475 e. The van der Waals surface area contributed by atoms with Crippen LogP contribution in [0.5, 0.6) is 5.88 Å². The summed E-state index contributed by atoms with van der Waals surface area (Å²) in [5.74, 6) is 0.131. The number of halogens is 2. The number of nitrogens with one attached hydrogen (secondary N) is 2. The molecule has 4 N–H and O–H groups in total. The molecule has 0 saturated heterocycles. The number of amides is 1. The monoisotopic (exact) mass is 797 g/mol. The molecule has 1 amide bonds. The van der Waals surface area contributed by atoms with Crippen molar-refractivity contribution in [2.45, 2.75) is 71.1 Å². The molecule has 3 heterocycles. The SMILES string of the molecule is COCCOCCOCCOCCOc1cc(C)c(-c2cc3c(N[C@H]4CC[C@H](NC(=O)OC(C)(C)C)CC4)c(C(N)=Nc4cc(F)ccc4Cl)cnn3c2)cn1. The normalized spacial score (nSPS) is 16.2. The first-order chi connectivity index (χ1) is 26.9. The summed E-state index contributed by atoms with van der Waals surface area (Å²) in [6, 6.07) is 7.90. The van der Waals surface area contributed by atoms with E-state index in [2.05, 4.69) is 25.7 Å². The van der Waals surface area contributed by atoms with Crippen molar-refractivity contribution in [3.63, 3.8) is 0 Å². The van der Waals surface area contributed by atoms with Gasteiger partial charge in [-0.3, -0.25) is 0 Å². The largest absolute Gasteiger partial charge is 0.475 e. The zero-order valence-electron chi connectivity index (χ0n) is 32.7. The van der Waals surface area contributed by atoms with E-state index >= 15 is 0 Å². The Hall–Kier alpha value is -4.54. The number of pyridine rings is 1. The molecule has 1 fully saturated rings. The lowest BCUT2D eigenvalue weighted by Crippen LogP contribution is -2.42. The number of benzene rings is 1. The summed E-state index contributed by atoms with van der Waals surface area (Å²) in [6.45, 7) is 11.3. The number of aryl methyl sites for hydroxylation is 1. The summed E-state index contributed by atoms with van der Waals surface area (Å²) in [6.07, 6.45) is 8.00. The van der Waals surface area contributed by atoms with Gasteiger partial charge >= 0.3 is 6.09 Å². The Bertz CT molecular complexity index is 1930. The molecule has 56 heavy (non-hydrogen) atoms. The summed E-state index contributed by atoms with van der Waals surface area (Å²) in [5, 5.41) is 11.6. The van der Waals surface area contributed by atoms with Crippen LogP contribution in [0, 0.1) is 12.7 Å². The topological polar surface area (TPSA) is 165 Å². The number of carbonyl (C=O) groups excluding carboxylic acids is 1. The third kappa shape index (κ3) is 12.7. The van der Waals surface area contributed by atoms with E-state index in [4.69, 9.17) is 45.8 Å². The number of ether oxygens (including phenoxy) is 6. The molecule has 1 aliphatic carbocycles. The first kappa shape index (κ1) is 42.6. The molecule has 0 aliphatic heterocycles. The number of hydrogen-bond acceptors (Lipinski definition) is 11. The number of amidine groups is 1. The Morgan fingerprint density at radius 3 is 2.29 bits per heavy atom. The number of rotatable bonds is 19. The second kappa shape index (κ2) is 20.6. The number of anilines is 1. The van der Waals surface area contributed by atoms with Crippen molar-refractivity contribution in [1.82, 2.24) is 19.9 Å². The number of methoxy groups -OCH3 is 1. The van der Waals surface area contributed by atoms with E-state index < -0.39 is 17.5 Å². The van der Waals surface area contributed by atoms with Crippen molar-refractivity contribution in [3.05, 3.63) is 70.9 Å². The van der Waals surface area contributed by atoms with Gasteiger partial charge in [0.2, 0.25) is 5.88 Å². The van der Waals surface area contributed by atoms with Crippen molar-refractivity contribution in [1.29, 1.82) is 0 Å². The number of hydrogen-bond donors (Lipinski definition) is 3. The maximum Gasteiger partial charge on any atom is 0.407 e. The Morgan fingerprint density at radius 2 is 1.62 bits per heavy atom. The Balaban J connectivity index is 1.27. The number of aliphatic imine (C=N–C) groups is 1. The van der Waals surface area contributed by atoms with Crippen LogP contribution in [-0.4, -0.2) is 104 Å². The molecule has 14 nitrogen and oxygen atoms in total. The predicted molar refractivity (Wildman–Crippen MR) is 214 cm³/mol. The standard InChI is InChI=1S/C40H53ClFN7O7/c1-26-20-36(55-19-18-54-17-16-53-15-14-52-13-12-51-5)44-23-31(26)27-21-35-37(46-29-7-9-30(10-8-29)47-39(50)56-40(2,3)4)32(24-45-49(35)25-27)38(43)48-34-22-28(42)6-11-33(34)41/h6,11,20-25,29-30,46H,7-10,12-19H2,1-5H3,(H2,43,48)(H,47,50)/t29-,30-. The number of aromatic nitrogens is 3. The van der Waals surface area contributed by atoms with Crippen LogP contribution >= 0.6 is 11.6 Å². The molecule has 1 aromatic carbocycles. The molecular formula is C40H53ClFN7O7. The number of carbonyl (C=O) groups is 1. The van der Waals surface area contributed by atoms with E-state index in [1.807, 2.05) is 46.0 Å². The lowest BCUT2D eigenvalue weighted by Gasteiger charge is -2.31. The Morgan fingerprint density at radius 1 is 0.964 bits per heavy atom. The van der Waals surface area contributed by atoms with Crippen molar-refractivity contribution in [3.8, 4) is 17.0 Å². The lowest BCUT2D eigenvalue weighted by atomic mass is 9.91. The van der Waals surface area contributed by atoms with Gasteiger partial charge in [-0.05, 0) is 77.1 Å². The highest BCUT2D eigenvalue weighted by Gasteiger charge is 2.26. The van der Waals surface area contributed by atoms with Gasteiger partial charge in [0.25, 0.3) is 0 Å². The molecule has 5 rings (SSSR count). The van der Waals surface area contributed by atoms with Crippen LogP contribution < -0.4 is 21.1 Å². The molecule has 0 radical (unpaired) electrons. The fraction of sp³-hybridized carbons (Fsp3) is 0.500. The summed E-state index contributed by atoms with van der Waals surface area (Å²) in [4.78, 5) is 21.5. The zero-order valence-corrected chi connectivity index (χ0v) is 33.5. The molecule has 1 aliphatic rings. The van der Waals surface area contributed by atoms with Crippen LogP contribution in [-0.2, 0) is 23.7 Å². The summed E-state index contributed by atoms with van der Waals surface area (Å²) in [5.41, 5.74) is 11.0. The van der Waals surface area contributed by atoms with Crippen LogP contribution in [0.4, 0.5) is 20.6 Å². The summed E-state index contributed by atoms with van der Waals surface area (Å²) in [7, 11) is 1.64. The summed E-state index contributed by atoms with van der Waals surface area (Å²) >= 11 is 6.34. The van der Waals surface area contributed by atoms with Gasteiger partial charge in [-0.25, -0.2) is 23.7 Å². The smallest absolute Gasteiger partial charge is 0.407 e. The van der Waals surface area contributed by atoms with Gasteiger partial charge in [0, 0.05) is 54.8 Å². The van der Waals surface area contributed by atoms with Crippen molar-refractivity contribution >= 4 is 40.4 Å². The molecule has 304 valence electrons. The van der Waals surface area contributed by atoms with Gasteiger partial charge in [-0.2, -0.15) is 5.10 Å². The predicted octanol–water partition coefficient (Wildman–Crippen LogP) is 6.86. The van der Waals surface area contributed by atoms with E-state index in [9.17, 15) is 9.18 Å². The van der Waals surface area contributed by atoms with E-state index in [1.54, 1.807) is 24.0 Å². The average molecular weight is 798 g/mol. The maximum atomic E-state index is 14.1. The minimum atomic E-state index is -0.573. The molecule has 0 unspecified atom stereocenters. The van der Waals surface area contributed by atoms with E-state index in [0.717, 1.165) is 53.6 Å². The first-order valence-corrected chi connectivity index (χ1v) is 19.2. The number of alkyl carbamates (subject to hydrolysis) is 1. The van der Waals surface area contributed by atoms with Gasteiger partial charge in [0.15, 0.2) is 0 Å². The second-order valence-corrected chi connectivity index (χ2v) is 14.8. The Labute approximate surface area is 332 Å². The first-order valence-electron chi connectivity index (χ1n) is 18.8. The molecule has 0 atom stereocenters. The van der Waals surface area contributed by atoms with Gasteiger partial charge in [0.05, 0.1) is 79.9 Å². The van der Waals surface area contributed by atoms with E-state index in [1.165, 1.54) is 18.2 Å². The number of fused-ring (bicyclic) bond motifs is 1. The van der Waals surface area contributed by atoms with Crippen LogP contribution in [0.2, 0.25) is 5.02 Å². The van der Waals surface area contributed by atoms with Gasteiger partial charge in [-0.1, -0.05) is 11.6 Å². The van der Waals surface area contributed by atoms with Gasteiger partial charge in [0.1, 0.15) is 23.9 Å². The van der Waals surface area contributed by atoms with Gasteiger partial charge in [-0.15, -0.1) is 0 Å². The number of nitrogens with two attached hydrogens (primary N) is 1. The van der Waals surface area contributed by atoms with Crippen molar-refractivity contribution in [2.24, 2.45) is 10.7 Å². The molecule has 3 aromatic heterocycles. The molecule has 4 aromatic rings. The Kier molecular flexibility index (Phi) is 15.7. The molecule has 0 spiro atoms. The van der Waals surface area contributed by atoms with E-state index in [-0.39, 0.29) is 28.6 Å². The van der Waals surface area contributed by atoms with Crippen LogP contribution in [0.15, 0.2) is 53.9 Å². The van der Waals surface area contributed by atoms with Crippen molar-refractivity contribution in [2.75, 3.05) is 65.3 Å². The second-order valence-electron chi connectivity index (χ2n) is 14.4. The van der Waals surface area contributed by atoms with Crippen LogP contribution in [0.1, 0.15) is 57.6 Å². The number of nitrogens with zero attached hydrogens (tertiary/aromatic N) is 4. The average Bonchev–Trinajstić information content (AvgIpc) is 3.58. The highest BCUT2D eigenvalue weighted by Crippen LogP contribution is 2.34. The van der Waals surface area contributed by atoms with E-state index in [0.29, 0.717) is 64.3 Å². The zero-order chi connectivity index (χ0) is 40.1. The highest BCUT2D eigenvalue weighted by molar-refractivity contribution is 6.33. The molecule has 0 bridgehead atoms. The molecule has 16 heteroatoms. The highest BCUT2D eigenvalue weighted by atomic mass is 35.5. The van der Waals surface area contributed by atoms with Crippen LogP contribution in [0.25, 0.3) is 16.6 Å². The molecule has 1 saturated carbocycles. The molecular weight excluding hydrogens is 745 g/mol. The minimum absolute atomic E-state index is 0.00141. The fourth-order valence-corrected chi connectivity index (χ4v) is 6.33. The maximum absolute atomic E-state index is 14.1. The lowest BCUT2D eigenvalue weighted by molar-refractivity contribution is 0.00000309. The summed E-state index contributed by atoms with van der Waals surface area (Å²) < 4.78 is 48.6. The van der Waals surface area contributed by atoms with Gasteiger partial charge < -0.3 is 44.8 Å². The third-order valence-corrected chi connectivity index (χ3v) is 9.23. The quantitative estimate of drug-likeness (QED) is 0.0516. The third-order valence-electron chi connectivity index (χ3n) is 8.91. The fourth-order valence-electron chi connectivity index (χ4n) is 6.17. The van der Waals surface area contributed by atoms with Crippen molar-refractivity contribution < 1.29 is 37.6 Å².